The Bertz CT molecular complexity index is 103. The lowest BCUT2D eigenvalue weighted by Gasteiger charge is -1.79. The van der Waals surface area contributed by atoms with Gasteiger partial charge in [-0.05, 0) is 6.08 Å². The van der Waals surface area contributed by atoms with E-state index in [0.29, 0.717) is 0 Å². The standard InChI is InChI=1S/C6H10Si/c1-4-5-6-7(2)3/h4,7H,1H2,2-3H3. The minimum absolute atomic E-state index is 0.621. The Kier molecular flexibility index (Phi) is 3.44. The predicted octanol–water partition coefficient (Wildman–Crippen LogP) is 1.20. The van der Waals surface area contributed by atoms with Gasteiger partial charge in [-0.15, -0.1) is 5.54 Å². The summed E-state index contributed by atoms with van der Waals surface area (Å²) in [4.78, 5) is 0. The van der Waals surface area contributed by atoms with E-state index in [-0.39, 0.29) is 0 Å². The summed E-state index contributed by atoms with van der Waals surface area (Å²) in [6.45, 7) is 7.86. The van der Waals surface area contributed by atoms with Gasteiger partial charge in [0, 0.05) is 0 Å². The first kappa shape index (κ1) is 6.52. The van der Waals surface area contributed by atoms with Crippen LogP contribution in [0, 0.1) is 11.5 Å². The minimum Gasteiger partial charge on any atom is -0.131 e. The molecule has 0 aliphatic heterocycles. The molecule has 0 aromatic heterocycles. The van der Waals surface area contributed by atoms with Crippen LogP contribution in [-0.2, 0) is 0 Å². The quantitative estimate of drug-likeness (QED) is 0.325. The molecule has 38 valence electrons. The molecule has 0 saturated heterocycles. The molecule has 0 fully saturated rings. The molecule has 0 atom stereocenters. The van der Waals surface area contributed by atoms with E-state index in [1.54, 1.807) is 6.08 Å². The van der Waals surface area contributed by atoms with Crippen LogP contribution in [0.2, 0.25) is 13.1 Å². The van der Waals surface area contributed by atoms with Crippen LogP contribution in [0.4, 0.5) is 0 Å². The lowest BCUT2D eigenvalue weighted by Crippen LogP contribution is -1.92. The number of allylic oxidation sites excluding steroid dienone is 1. The van der Waals surface area contributed by atoms with Crippen LogP contribution < -0.4 is 0 Å². The first-order valence-corrected chi connectivity index (χ1v) is 5.28. The highest BCUT2D eigenvalue weighted by molar-refractivity contribution is 6.64. The van der Waals surface area contributed by atoms with Gasteiger partial charge in [0.1, 0.15) is 8.80 Å². The highest BCUT2D eigenvalue weighted by Crippen LogP contribution is 1.71. The Morgan fingerprint density at radius 1 is 1.57 bits per heavy atom. The van der Waals surface area contributed by atoms with Crippen molar-refractivity contribution in [1.29, 1.82) is 0 Å². The molecule has 0 amide bonds. The molecular weight excluding hydrogens is 100 g/mol. The van der Waals surface area contributed by atoms with Gasteiger partial charge in [-0.2, -0.15) is 0 Å². The van der Waals surface area contributed by atoms with E-state index in [1.807, 2.05) is 0 Å². The summed E-state index contributed by atoms with van der Waals surface area (Å²) in [5.74, 6) is 2.82. The van der Waals surface area contributed by atoms with Gasteiger partial charge >= 0.3 is 0 Å². The number of rotatable bonds is 0. The van der Waals surface area contributed by atoms with Crippen molar-refractivity contribution in [3.05, 3.63) is 12.7 Å². The topological polar surface area (TPSA) is 0 Å². The van der Waals surface area contributed by atoms with E-state index < -0.39 is 8.80 Å². The maximum atomic E-state index is 3.48. The van der Waals surface area contributed by atoms with Crippen LogP contribution in [0.5, 0.6) is 0 Å². The van der Waals surface area contributed by atoms with Crippen molar-refractivity contribution in [2.24, 2.45) is 0 Å². The van der Waals surface area contributed by atoms with Crippen molar-refractivity contribution < 1.29 is 0 Å². The van der Waals surface area contributed by atoms with E-state index in [2.05, 4.69) is 31.1 Å². The summed E-state index contributed by atoms with van der Waals surface area (Å²) in [7, 11) is -0.621. The third-order valence-electron chi connectivity index (χ3n) is 0.474. The molecule has 0 spiro atoms. The Morgan fingerprint density at radius 2 is 2.14 bits per heavy atom. The Morgan fingerprint density at radius 3 is 2.29 bits per heavy atom. The predicted molar refractivity (Wildman–Crippen MR) is 36.9 cm³/mol. The van der Waals surface area contributed by atoms with Crippen LogP contribution in [0.1, 0.15) is 0 Å². The molecule has 0 aliphatic carbocycles. The molecule has 0 nitrogen and oxygen atoms in total. The van der Waals surface area contributed by atoms with Crippen LogP contribution >= 0.6 is 0 Å². The molecule has 0 unspecified atom stereocenters. The highest BCUT2D eigenvalue weighted by atomic mass is 28.3. The molecule has 0 rings (SSSR count). The summed E-state index contributed by atoms with van der Waals surface area (Å²) < 4.78 is 0. The first-order chi connectivity index (χ1) is 3.27. The zero-order valence-electron chi connectivity index (χ0n) is 4.86. The average Bonchev–Trinajstić information content (AvgIpc) is 1.61. The zero-order chi connectivity index (χ0) is 5.70. The molecule has 0 aliphatic rings. The summed E-state index contributed by atoms with van der Waals surface area (Å²) >= 11 is 0. The molecule has 0 aromatic rings. The van der Waals surface area contributed by atoms with Gasteiger partial charge in [0.15, 0.2) is 0 Å². The maximum Gasteiger partial charge on any atom is 0.117 e. The van der Waals surface area contributed by atoms with Gasteiger partial charge in [0.25, 0.3) is 0 Å². The smallest absolute Gasteiger partial charge is 0.117 e. The molecule has 0 aromatic carbocycles. The fourth-order valence-electron chi connectivity index (χ4n) is 0.226. The van der Waals surface area contributed by atoms with Crippen molar-refractivity contribution >= 4 is 8.80 Å². The fraction of sp³-hybridized carbons (Fsp3) is 0.333. The van der Waals surface area contributed by atoms with Crippen molar-refractivity contribution in [3.8, 4) is 11.5 Å². The molecule has 7 heavy (non-hydrogen) atoms. The number of hydrogen-bond acceptors (Lipinski definition) is 0. The van der Waals surface area contributed by atoms with Crippen molar-refractivity contribution in [2.75, 3.05) is 0 Å². The summed E-state index contributed by atoms with van der Waals surface area (Å²) in [5.41, 5.74) is 3.07. The van der Waals surface area contributed by atoms with Gasteiger partial charge in [-0.3, -0.25) is 0 Å². The SMILES string of the molecule is C=CC#C[SiH](C)C. The van der Waals surface area contributed by atoms with Gasteiger partial charge in [-0.25, -0.2) is 0 Å². The van der Waals surface area contributed by atoms with Crippen molar-refractivity contribution in [3.63, 3.8) is 0 Å². The van der Waals surface area contributed by atoms with Gasteiger partial charge in [0.05, 0.1) is 0 Å². The van der Waals surface area contributed by atoms with E-state index in [0.717, 1.165) is 0 Å². The average molecular weight is 110 g/mol. The Hall–Kier alpha value is -0.483. The summed E-state index contributed by atoms with van der Waals surface area (Å²) in [6, 6.07) is 0. The lowest BCUT2D eigenvalue weighted by molar-refractivity contribution is 2.04. The zero-order valence-corrected chi connectivity index (χ0v) is 6.02. The Balaban J connectivity index is 3.43. The molecule has 0 saturated carbocycles. The van der Waals surface area contributed by atoms with Crippen LogP contribution in [0.3, 0.4) is 0 Å². The molecule has 0 bridgehead atoms. The molecule has 0 N–H and O–H groups in total. The highest BCUT2D eigenvalue weighted by Gasteiger charge is 1.80. The van der Waals surface area contributed by atoms with E-state index >= 15 is 0 Å². The van der Waals surface area contributed by atoms with Crippen molar-refractivity contribution in [2.45, 2.75) is 13.1 Å². The van der Waals surface area contributed by atoms with Crippen LogP contribution in [-0.4, -0.2) is 8.80 Å². The van der Waals surface area contributed by atoms with E-state index in [4.69, 9.17) is 0 Å². The van der Waals surface area contributed by atoms with E-state index in [1.165, 1.54) is 0 Å². The van der Waals surface area contributed by atoms with Gasteiger partial charge in [-0.1, -0.05) is 25.6 Å². The van der Waals surface area contributed by atoms with E-state index in [9.17, 15) is 0 Å². The third-order valence-corrected chi connectivity index (χ3v) is 1.22. The fourth-order valence-corrected chi connectivity index (χ4v) is 0.677. The van der Waals surface area contributed by atoms with Gasteiger partial charge < -0.3 is 0 Å². The third kappa shape index (κ3) is 5.52. The lowest BCUT2D eigenvalue weighted by atomic mass is 10.7. The molecule has 0 radical (unpaired) electrons. The maximum absolute atomic E-state index is 3.48. The minimum atomic E-state index is -0.621. The first-order valence-electron chi connectivity index (χ1n) is 2.39. The normalized spacial score (nSPS) is 7.29. The second-order valence-corrected chi connectivity index (χ2v) is 4.25. The summed E-state index contributed by atoms with van der Waals surface area (Å²) in [6.07, 6.45) is 1.65. The molecule has 0 heterocycles. The van der Waals surface area contributed by atoms with Gasteiger partial charge in [0.2, 0.25) is 0 Å². The second-order valence-electron chi connectivity index (χ2n) is 1.65. The number of hydrogen-bond donors (Lipinski definition) is 0. The van der Waals surface area contributed by atoms with Crippen molar-refractivity contribution in [1.82, 2.24) is 0 Å². The molecular formula is C6H10Si. The largest absolute Gasteiger partial charge is 0.131 e. The monoisotopic (exact) mass is 110 g/mol. The second kappa shape index (κ2) is 3.70. The molecule has 1 heteroatoms. The Labute approximate surface area is 46.9 Å². The summed E-state index contributed by atoms with van der Waals surface area (Å²) in [5, 5.41) is 0. The van der Waals surface area contributed by atoms with Crippen LogP contribution in [0.15, 0.2) is 12.7 Å². The van der Waals surface area contributed by atoms with Crippen LogP contribution in [0.25, 0.3) is 0 Å².